The van der Waals surface area contributed by atoms with Crippen molar-refractivity contribution in [2.24, 2.45) is 0 Å². The summed E-state index contributed by atoms with van der Waals surface area (Å²) in [5, 5.41) is 2.96. The molecule has 4 rings (SSSR count). The van der Waals surface area contributed by atoms with Gasteiger partial charge in [0.2, 0.25) is 0 Å². The number of hydrogen-bond acceptors (Lipinski definition) is 3. The van der Waals surface area contributed by atoms with Gasteiger partial charge in [0, 0.05) is 30.2 Å². The van der Waals surface area contributed by atoms with Crippen LogP contribution in [0.2, 0.25) is 0 Å². The molecule has 0 aliphatic carbocycles. The Morgan fingerprint density at radius 1 is 1.22 bits per heavy atom. The molecule has 140 valence electrons. The summed E-state index contributed by atoms with van der Waals surface area (Å²) >= 11 is 3.50. The second kappa shape index (κ2) is 7.35. The highest BCUT2D eigenvalue weighted by molar-refractivity contribution is 9.10. The van der Waals surface area contributed by atoms with Crippen LogP contribution in [0.1, 0.15) is 45.5 Å². The van der Waals surface area contributed by atoms with Gasteiger partial charge in [0.05, 0.1) is 11.3 Å². The first-order valence-corrected chi connectivity index (χ1v) is 10.0. The predicted molar refractivity (Wildman–Crippen MR) is 109 cm³/mol. The maximum absolute atomic E-state index is 12.8. The first-order valence-electron chi connectivity index (χ1n) is 9.26. The number of carbonyl (C=O) groups is 2. The van der Waals surface area contributed by atoms with Crippen molar-refractivity contribution in [1.29, 1.82) is 0 Å². The second-order valence-corrected chi connectivity index (χ2v) is 7.95. The number of halogens is 1. The highest BCUT2D eigenvalue weighted by atomic mass is 79.9. The Hall–Kier alpha value is -2.34. The average Bonchev–Trinajstić information content (AvgIpc) is 2.71. The number of carbonyl (C=O) groups excluding carboxylic acids is 2. The van der Waals surface area contributed by atoms with Gasteiger partial charge in [-0.1, -0.05) is 34.1 Å². The molecule has 5 nitrogen and oxygen atoms in total. The second-order valence-electron chi connectivity index (χ2n) is 7.09. The molecule has 2 aliphatic rings. The number of rotatable bonds is 3. The van der Waals surface area contributed by atoms with Crippen LogP contribution >= 0.6 is 15.9 Å². The molecule has 6 heteroatoms. The van der Waals surface area contributed by atoms with Crippen LogP contribution in [-0.4, -0.2) is 36.5 Å². The fourth-order valence-electron chi connectivity index (χ4n) is 3.93. The molecule has 0 aromatic heterocycles. The number of hydrogen-bond donors (Lipinski definition) is 1. The summed E-state index contributed by atoms with van der Waals surface area (Å²) in [5.41, 5.74) is 3.12. The minimum atomic E-state index is -0.138. The molecule has 2 aromatic rings. The fraction of sp³-hybridized carbons (Fsp3) is 0.333. The Kier molecular flexibility index (Phi) is 4.91. The zero-order valence-corrected chi connectivity index (χ0v) is 16.8. The van der Waals surface area contributed by atoms with Gasteiger partial charge in [-0.15, -0.1) is 0 Å². The van der Waals surface area contributed by atoms with E-state index in [9.17, 15) is 9.59 Å². The molecule has 0 spiro atoms. The van der Waals surface area contributed by atoms with Crippen molar-refractivity contribution in [2.75, 3.05) is 18.5 Å². The molecule has 2 aromatic carbocycles. The quantitative estimate of drug-likeness (QED) is 0.810. The van der Waals surface area contributed by atoms with Crippen molar-refractivity contribution >= 4 is 33.4 Å². The summed E-state index contributed by atoms with van der Waals surface area (Å²) in [6.07, 6.45) is 3.25. The summed E-state index contributed by atoms with van der Waals surface area (Å²) in [6.45, 7) is 1.25. The van der Waals surface area contributed by atoms with Crippen LogP contribution in [0.5, 0.6) is 0 Å². The van der Waals surface area contributed by atoms with E-state index in [1.165, 1.54) is 0 Å². The minimum absolute atomic E-state index is 0.0768. The Morgan fingerprint density at radius 3 is 2.85 bits per heavy atom. The van der Waals surface area contributed by atoms with Crippen molar-refractivity contribution in [3.05, 3.63) is 63.6 Å². The molecule has 2 aliphatic heterocycles. The summed E-state index contributed by atoms with van der Waals surface area (Å²) in [4.78, 5) is 29.6. The number of benzene rings is 2. The van der Waals surface area contributed by atoms with Gasteiger partial charge in [-0.25, -0.2) is 0 Å². The van der Waals surface area contributed by atoms with E-state index in [2.05, 4.69) is 26.1 Å². The van der Waals surface area contributed by atoms with Crippen molar-refractivity contribution in [1.82, 2.24) is 10.2 Å². The zero-order chi connectivity index (χ0) is 19.0. The third-order valence-electron chi connectivity index (χ3n) is 5.45. The van der Waals surface area contributed by atoms with Gasteiger partial charge in [0.15, 0.2) is 0 Å². The smallest absolute Gasteiger partial charge is 0.257 e. The molecule has 1 N–H and O–H groups in total. The number of amides is 2. The normalized spacial score (nSPS) is 18.7. The van der Waals surface area contributed by atoms with E-state index in [0.29, 0.717) is 17.7 Å². The number of anilines is 1. The van der Waals surface area contributed by atoms with E-state index in [0.717, 1.165) is 41.5 Å². The molecular weight excluding hydrogens is 406 g/mol. The molecule has 0 bridgehead atoms. The lowest BCUT2D eigenvalue weighted by atomic mass is 9.97. The van der Waals surface area contributed by atoms with Crippen LogP contribution in [0.25, 0.3) is 0 Å². The first-order chi connectivity index (χ1) is 13.1. The molecule has 2 heterocycles. The maximum Gasteiger partial charge on any atom is 0.257 e. The third-order valence-corrected chi connectivity index (χ3v) is 6.22. The summed E-state index contributed by atoms with van der Waals surface area (Å²) in [5.74, 6) is -0.0616. The predicted octanol–water partition coefficient (Wildman–Crippen LogP) is 3.78. The lowest BCUT2D eigenvalue weighted by molar-refractivity contribution is 0.0589. The molecule has 2 amide bonds. The molecule has 1 atom stereocenters. The number of nitrogens with one attached hydrogen (secondary N) is 1. The van der Waals surface area contributed by atoms with Crippen LogP contribution in [-0.2, 0) is 6.54 Å². The zero-order valence-electron chi connectivity index (χ0n) is 15.2. The Balaban J connectivity index is 1.55. The highest BCUT2D eigenvalue weighted by Crippen LogP contribution is 2.34. The van der Waals surface area contributed by atoms with Crippen LogP contribution in [0.4, 0.5) is 5.69 Å². The van der Waals surface area contributed by atoms with Gasteiger partial charge in [0.25, 0.3) is 11.8 Å². The van der Waals surface area contributed by atoms with Crippen molar-refractivity contribution < 1.29 is 9.59 Å². The van der Waals surface area contributed by atoms with E-state index in [1.807, 2.05) is 42.3 Å². The molecule has 1 saturated heterocycles. The van der Waals surface area contributed by atoms with Crippen LogP contribution in [0.15, 0.2) is 46.9 Å². The van der Waals surface area contributed by atoms with Gasteiger partial charge >= 0.3 is 0 Å². The van der Waals surface area contributed by atoms with Gasteiger partial charge < -0.3 is 15.1 Å². The van der Waals surface area contributed by atoms with Crippen LogP contribution in [0, 0.1) is 0 Å². The van der Waals surface area contributed by atoms with E-state index in [4.69, 9.17) is 0 Å². The Morgan fingerprint density at radius 2 is 2.04 bits per heavy atom. The van der Waals surface area contributed by atoms with E-state index < -0.39 is 0 Å². The van der Waals surface area contributed by atoms with E-state index >= 15 is 0 Å². The van der Waals surface area contributed by atoms with Crippen LogP contribution < -0.4 is 10.2 Å². The third kappa shape index (κ3) is 3.34. The summed E-state index contributed by atoms with van der Waals surface area (Å²) < 4.78 is 0.971. The summed E-state index contributed by atoms with van der Waals surface area (Å²) in [7, 11) is 2.01. The van der Waals surface area contributed by atoms with Crippen molar-refractivity contribution in [2.45, 2.75) is 32.0 Å². The molecular formula is C21H22BrN3O2. The molecule has 1 fully saturated rings. The monoisotopic (exact) mass is 427 g/mol. The van der Waals surface area contributed by atoms with Crippen molar-refractivity contribution in [3.8, 4) is 0 Å². The van der Waals surface area contributed by atoms with Gasteiger partial charge in [0.1, 0.15) is 6.17 Å². The van der Waals surface area contributed by atoms with Crippen molar-refractivity contribution in [3.63, 3.8) is 0 Å². The number of piperidine rings is 1. The number of fused-ring (bicyclic) bond motifs is 2. The largest absolute Gasteiger partial charge is 0.354 e. The Bertz CT molecular complexity index is 899. The average molecular weight is 428 g/mol. The molecule has 0 unspecified atom stereocenters. The first kappa shape index (κ1) is 18.0. The lowest BCUT2D eigenvalue weighted by Crippen LogP contribution is -2.55. The Labute approximate surface area is 167 Å². The minimum Gasteiger partial charge on any atom is -0.354 e. The molecule has 27 heavy (non-hydrogen) atoms. The van der Waals surface area contributed by atoms with Gasteiger partial charge in [-0.2, -0.15) is 0 Å². The van der Waals surface area contributed by atoms with E-state index in [-0.39, 0.29) is 18.0 Å². The van der Waals surface area contributed by atoms with Crippen LogP contribution in [0.3, 0.4) is 0 Å². The fourth-order valence-corrected chi connectivity index (χ4v) is 4.36. The molecule has 0 saturated carbocycles. The van der Waals surface area contributed by atoms with Gasteiger partial charge in [-0.3, -0.25) is 9.59 Å². The highest BCUT2D eigenvalue weighted by Gasteiger charge is 2.37. The summed E-state index contributed by atoms with van der Waals surface area (Å²) in [6, 6.07) is 13.2. The number of nitrogens with zero attached hydrogens (tertiary/aromatic N) is 2. The molecule has 0 radical (unpaired) electrons. The topological polar surface area (TPSA) is 52.7 Å². The maximum atomic E-state index is 12.8. The standard InChI is InChI=1S/C21H22BrN3O2/c1-24-18-12-14(20(26)23-13-15-6-2-3-7-17(15)22)9-10-16(18)21(27)25-11-5-4-8-19(24)25/h2-3,6-7,9-10,12,19H,4-5,8,11,13H2,1H3,(H,23,26)/t19-/m0/s1. The SMILES string of the molecule is CN1c2cc(C(=O)NCc3ccccc3Br)ccc2C(=O)N2CCCC[C@H]21. The van der Waals surface area contributed by atoms with Gasteiger partial charge in [-0.05, 0) is 49.1 Å². The van der Waals surface area contributed by atoms with E-state index in [1.54, 1.807) is 12.1 Å². The lowest BCUT2D eigenvalue weighted by Gasteiger charge is -2.46.